The molecule has 3 nitrogen and oxygen atoms in total. The van der Waals surface area contributed by atoms with E-state index in [1.165, 1.54) is 5.56 Å². The van der Waals surface area contributed by atoms with E-state index in [0.29, 0.717) is 5.92 Å². The quantitative estimate of drug-likeness (QED) is 0.832. The van der Waals surface area contributed by atoms with Crippen molar-refractivity contribution >= 4 is 11.6 Å². The molecule has 0 fully saturated rings. The predicted molar refractivity (Wildman–Crippen MR) is 69.0 cm³/mol. The Balaban J connectivity index is 2.48. The van der Waals surface area contributed by atoms with Crippen LogP contribution in [0.15, 0.2) is 0 Å². The largest absolute Gasteiger partial charge is 0.317 e. The summed E-state index contributed by atoms with van der Waals surface area (Å²) in [7, 11) is 1.89. The van der Waals surface area contributed by atoms with Crippen molar-refractivity contribution in [3.8, 4) is 0 Å². The van der Waals surface area contributed by atoms with Crippen LogP contribution in [0.25, 0.3) is 0 Å². The molecule has 1 N–H and O–H groups in total. The number of aromatic nitrogens is 2. The standard InChI is InChI=1S/C12H22ClN3/c1-5-14-8-9(2)6-7-11-10(3)15-16(4)12(11)13/h9,14H,5-8H2,1-4H3. The number of hydrogen-bond donors (Lipinski definition) is 1. The Morgan fingerprint density at radius 3 is 2.69 bits per heavy atom. The van der Waals surface area contributed by atoms with Gasteiger partial charge in [-0.3, -0.25) is 4.68 Å². The van der Waals surface area contributed by atoms with Gasteiger partial charge in [-0.1, -0.05) is 25.4 Å². The molecule has 0 spiro atoms. The van der Waals surface area contributed by atoms with Gasteiger partial charge in [-0.25, -0.2) is 0 Å². The highest BCUT2D eigenvalue weighted by molar-refractivity contribution is 6.30. The molecule has 1 heterocycles. The van der Waals surface area contributed by atoms with Crippen molar-refractivity contribution < 1.29 is 0 Å². The average Bonchev–Trinajstić information content (AvgIpc) is 2.48. The predicted octanol–water partition coefficient (Wildman–Crippen LogP) is 2.56. The fourth-order valence-electron chi connectivity index (χ4n) is 1.84. The number of halogens is 1. The maximum absolute atomic E-state index is 6.19. The van der Waals surface area contributed by atoms with Crippen LogP contribution in [0.1, 0.15) is 31.5 Å². The molecule has 0 aliphatic rings. The Kier molecular flexibility index (Phi) is 5.29. The zero-order chi connectivity index (χ0) is 12.1. The lowest BCUT2D eigenvalue weighted by atomic mass is 10.0. The Bertz CT molecular complexity index is 333. The molecule has 0 aliphatic carbocycles. The van der Waals surface area contributed by atoms with Crippen molar-refractivity contribution in [2.75, 3.05) is 13.1 Å². The molecule has 0 radical (unpaired) electrons. The third-order valence-electron chi connectivity index (χ3n) is 2.90. The van der Waals surface area contributed by atoms with Crippen molar-refractivity contribution in [1.29, 1.82) is 0 Å². The van der Waals surface area contributed by atoms with Gasteiger partial charge < -0.3 is 5.32 Å². The zero-order valence-corrected chi connectivity index (χ0v) is 11.4. The van der Waals surface area contributed by atoms with Crippen molar-refractivity contribution in [2.24, 2.45) is 13.0 Å². The van der Waals surface area contributed by atoms with Crippen molar-refractivity contribution in [3.63, 3.8) is 0 Å². The summed E-state index contributed by atoms with van der Waals surface area (Å²) in [5.74, 6) is 0.677. The summed E-state index contributed by atoms with van der Waals surface area (Å²) >= 11 is 6.19. The monoisotopic (exact) mass is 243 g/mol. The maximum Gasteiger partial charge on any atom is 0.130 e. The first kappa shape index (κ1) is 13.5. The SMILES string of the molecule is CCNCC(C)CCc1c(C)nn(C)c1Cl. The molecule has 1 aromatic rings. The van der Waals surface area contributed by atoms with Crippen LogP contribution in [-0.4, -0.2) is 22.9 Å². The fraction of sp³-hybridized carbons (Fsp3) is 0.750. The number of nitrogens with one attached hydrogen (secondary N) is 1. The van der Waals surface area contributed by atoms with Gasteiger partial charge in [0, 0.05) is 12.6 Å². The van der Waals surface area contributed by atoms with Gasteiger partial charge in [-0.05, 0) is 38.8 Å². The first-order chi connectivity index (χ1) is 7.56. The van der Waals surface area contributed by atoms with E-state index in [1.807, 2.05) is 14.0 Å². The Morgan fingerprint density at radius 2 is 2.19 bits per heavy atom. The molecule has 1 aromatic heterocycles. The van der Waals surface area contributed by atoms with Gasteiger partial charge in [0.05, 0.1) is 5.69 Å². The van der Waals surface area contributed by atoms with E-state index in [-0.39, 0.29) is 0 Å². The summed E-state index contributed by atoms with van der Waals surface area (Å²) < 4.78 is 1.75. The molecule has 16 heavy (non-hydrogen) atoms. The summed E-state index contributed by atoms with van der Waals surface area (Å²) in [4.78, 5) is 0. The van der Waals surface area contributed by atoms with Crippen LogP contribution in [0.3, 0.4) is 0 Å². The molecule has 0 aromatic carbocycles. The summed E-state index contributed by atoms with van der Waals surface area (Å²) in [6.07, 6.45) is 2.17. The van der Waals surface area contributed by atoms with Crippen molar-refractivity contribution in [3.05, 3.63) is 16.4 Å². The zero-order valence-electron chi connectivity index (χ0n) is 10.7. The van der Waals surface area contributed by atoms with E-state index in [2.05, 4.69) is 24.3 Å². The number of aryl methyl sites for hydroxylation is 2. The molecule has 1 atom stereocenters. The van der Waals surface area contributed by atoms with Crippen LogP contribution in [0.2, 0.25) is 5.15 Å². The first-order valence-corrected chi connectivity index (χ1v) is 6.32. The molecule has 0 bridgehead atoms. The minimum absolute atomic E-state index is 0.677. The van der Waals surface area contributed by atoms with E-state index in [1.54, 1.807) is 4.68 Å². The van der Waals surface area contributed by atoms with Crippen LogP contribution in [-0.2, 0) is 13.5 Å². The van der Waals surface area contributed by atoms with Crippen LogP contribution < -0.4 is 5.32 Å². The third-order valence-corrected chi connectivity index (χ3v) is 3.37. The highest BCUT2D eigenvalue weighted by atomic mass is 35.5. The average molecular weight is 244 g/mol. The normalized spacial score (nSPS) is 13.1. The van der Waals surface area contributed by atoms with Gasteiger partial charge in [0.15, 0.2) is 0 Å². The van der Waals surface area contributed by atoms with Crippen molar-refractivity contribution in [2.45, 2.75) is 33.6 Å². The molecule has 0 saturated heterocycles. The molecule has 0 saturated carbocycles. The van der Waals surface area contributed by atoms with Gasteiger partial charge in [-0.15, -0.1) is 0 Å². The number of hydrogen-bond acceptors (Lipinski definition) is 2. The second kappa shape index (κ2) is 6.26. The van der Waals surface area contributed by atoms with E-state index < -0.39 is 0 Å². The lowest BCUT2D eigenvalue weighted by Crippen LogP contribution is -2.20. The molecule has 0 amide bonds. The highest BCUT2D eigenvalue weighted by Crippen LogP contribution is 2.21. The Hall–Kier alpha value is -0.540. The lowest BCUT2D eigenvalue weighted by Gasteiger charge is -2.11. The van der Waals surface area contributed by atoms with Gasteiger partial charge in [0.25, 0.3) is 0 Å². The van der Waals surface area contributed by atoms with Gasteiger partial charge in [-0.2, -0.15) is 5.10 Å². The minimum atomic E-state index is 0.677. The van der Waals surface area contributed by atoms with Crippen LogP contribution in [0.5, 0.6) is 0 Å². The van der Waals surface area contributed by atoms with Crippen LogP contribution in [0.4, 0.5) is 0 Å². The molecule has 0 aliphatic heterocycles. The summed E-state index contributed by atoms with van der Waals surface area (Å²) in [5.41, 5.74) is 2.26. The third kappa shape index (κ3) is 3.49. The van der Waals surface area contributed by atoms with E-state index in [9.17, 15) is 0 Å². The molecule has 4 heteroatoms. The van der Waals surface area contributed by atoms with Gasteiger partial charge in [0.1, 0.15) is 5.15 Å². The topological polar surface area (TPSA) is 29.9 Å². The minimum Gasteiger partial charge on any atom is -0.317 e. The second-order valence-corrected chi connectivity index (χ2v) is 4.79. The molecular formula is C12H22ClN3. The fourth-order valence-corrected chi connectivity index (χ4v) is 2.11. The van der Waals surface area contributed by atoms with Gasteiger partial charge in [0.2, 0.25) is 0 Å². The first-order valence-electron chi connectivity index (χ1n) is 5.95. The molecule has 1 unspecified atom stereocenters. The Labute approximate surface area is 103 Å². The Morgan fingerprint density at radius 1 is 1.50 bits per heavy atom. The number of nitrogens with zero attached hydrogens (tertiary/aromatic N) is 2. The van der Waals surface area contributed by atoms with E-state index >= 15 is 0 Å². The summed E-state index contributed by atoms with van der Waals surface area (Å²) in [6, 6.07) is 0. The lowest BCUT2D eigenvalue weighted by molar-refractivity contribution is 0.489. The maximum atomic E-state index is 6.19. The van der Waals surface area contributed by atoms with Gasteiger partial charge >= 0.3 is 0 Å². The van der Waals surface area contributed by atoms with E-state index in [0.717, 1.165) is 36.8 Å². The van der Waals surface area contributed by atoms with E-state index in [4.69, 9.17) is 11.6 Å². The summed E-state index contributed by atoms with van der Waals surface area (Å²) in [6.45, 7) is 8.54. The van der Waals surface area contributed by atoms with Crippen LogP contribution >= 0.6 is 11.6 Å². The molecular weight excluding hydrogens is 222 g/mol. The molecule has 92 valence electrons. The molecule has 1 rings (SSSR count). The van der Waals surface area contributed by atoms with Crippen molar-refractivity contribution in [1.82, 2.24) is 15.1 Å². The summed E-state index contributed by atoms with van der Waals surface area (Å²) in [5, 5.41) is 8.47. The number of rotatable bonds is 6. The smallest absolute Gasteiger partial charge is 0.130 e. The second-order valence-electron chi connectivity index (χ2n) is 4.43. The van der Waals surface area contributed by atoms with Crippen LogP contribution in [0, 0.1) is 12.8 Å². The highest BCUT2D eigenvalue weighted by Gasteiger charge is 2.12.